The van der Waals surface area contributed by atoms with Gasteiger partial charge >= 0.3 is 0 Å². The SMILES string of the molecule is O=Cc1c(Cl)ccc(-c2ccc(Cl)c(Cl)c2)c1Cl. The molecule has 0 spiro atoms. The van der Waals surface area contributed by atoms with Crippen molar-refractivity contribution in [1.29, 1.82) is 0 Å². The highest BCUT2D eigenvalue weighted by Gasteiger charge is 2.12. The number of rotatable bonds is 2. The van der Waals surface area contributed by atoms with E-state index in [1.807, 2.05) is 0 Å². The van der Waals surface area contributed by atoms with Crippen LogP contribution in [0.2, 0.25) is 20.1 Å². The molecule has 0 amide bonds. The second kappa shape index (κ2) is 5.50. The van der Waals surface area contributed by atoms with Gasteiger partial charge in [0.2, 0.25) is 0 Å². The van der Waals surface area contributed by atoms with Gasteiger partial charge in [-0.05, 0) is 23.8 Å². The fourth-order valence-electron chi connectivity index (χ4n) is 1.56. The van der Waals surface area contributed by atoms with Crippen LogP contribution in [0.15, 0.2) is 30.3 Å². The molecule has 0 bridgehead atoms. The van der Waals surface area contributed by atoms with Gasteiger partial charge in [0.1, 0.15) is 0 Å². The highest BCUT2D eigenvalue weighted by molar-refractivity contribution is 6.42. The molecule has 0 radical (unpaired) electrons. The van der Waals surface area contributed by atoms with E-state index in [2.05, 4.69) is 0 Å². The Kier molecular flexibility index (Phi) is 4.18. The average molecular weight is 320 g/mol. The largest absolute Gasteiger partial charge is 0.298 e. The summed E-state index contributed by atoms with van der Waals surface area (Å²) in [5.74, 6) is 0. The summed E-state index contributed by atoms with van der Waals surface area (Å²) in [6.07, 6.45) is 0.631. The van der Waals surface area contributed by atoms with Crippen molar-refractivity contribution in [2.24, 2.45) is 0 Å². The molecule has 0 N–H and O–H groups in total. The third-order valence-electron chi connectivity index (χ3n) is 2.48. The molecule has 92 valence electrons. The van der Waals surface area contributed by atoms with E-state index in [1.54, 1.807) is 30.3 Å². The quantitative estimate of drug-likeness (QED) is 0.641. The number of aldehydes is 1. The summed E-state index contributed by atoms with van der Waals surface area (Å²) in [6.45, 7) is 0. The summed E-state index contributed by atoms with van der Waals surface area (Å²) < 4.78 is 0. The molecule has 0 aliphatic rings. The van der Waals surface area contributed by atoms with E-state index in [0.29, 0.717) is 31.9 Å². The highest BCUT2D eigenvalue weighted by atomic mass is 35.5. The first-order chi connectivity index (χ1) is 8.54. The van der Waals surface area contributed by atoms with Crippen molar-refractivity contribution in [2.75, 3.05) is 0 Å². The van der Waals surface area contributed by atoms with Crippen LogP contribution in [0.4, 0.5) is 0 Å². The lowest BCUT2D eigenvalue weighted by molar-refractivity contribution is 0.112. The maximum atomic E-state index is 10.9. The van der Waals surface area contributed by atoms with Crippen molar-refractivity contribution >= 4 is 52.7 Å². The first-order valence-electron chi connectivity index (χ1n) is 4.93. The van der Waals surface area contributed by atoms with E-state index in [4.69, 9.17) is 46.4 Å². The standard InChI is InChI=1S/C13H6Cl4O/c14-10-4-2-8(13(17)9(10)6-18)7-1-3-11(15)12(16)5-7/h1-6H. The average Bonchev–Trinajstić information content (AvgIpc) is 2.34. The van der Waals surface area contributed by atoms with Crippen molar-refractivity contribution in [3.05, 3.63) is 56.0 Å². The number of carbonyl (C=O) groups is 1. The predicted molar refractivity (Wildman–Crippen MR) is 77.3 cm³/mol. The van der Waals surface area contributed by atoms with E-state index in [-0.39, 0.29) is 5.56 Å². The molecular weight excluding hydrogens is 314 g/mol. The minimum atomic E-state index is 0.266. The number of hydrogen-bond donors (Lipinski definition) is 0. The number of hydrogen-bond acceptors (Lipinski definition) is 1. The van der Waals surface area contributed by atoms with Crippen LogP contribution in [0.3, 0.4) is 0 Å². The summed E-state index contributed by atoms with van der Waals surface area (Å²) >= 11 is 23.8. The van der Waals surface area contributed by atoms with Gasteiger partial charge < -0.3 is 0 Å². The molecule has 18 heavy (non-hydrogen) atoms. The van der Waals surface area contributed by atoms with E-state index in [9.17, 15) is 4.79 Å². The third-order valence-corrected chi connectivity index (χ3v) is 3.95. The Morgan fingerprint density at radius 3 is 2.11 bits per heavy atom. The van der Waals surface area contributed by atoms with E-state index >= 15 is 0 Å². The summed E-state index contributed by atoms with van der Waals surface area (Å²) in [6, 6.07) is 8.49. The van der Waals surface area contributed by atoms with E-state index < -0.39 is 0 Å². The van der Waals surface area contributed by atoms with Crippen molar-refractivity contribution < 1.29 is 4.79 Å². The second-order valence-electron chi connectivity index (χ2n) is 3.57. The van der Waals surface area contributed by atoms with Crippen LogP contribution in [0.1, 0.15) is 10.4 Å². The second-order valence-corrected chi connectivity index (χ2v) is 5.17. The first kappa shape index (κ1) is 13.7. The first-order valence-corrected chi connectivity index (χ1v) is 6.44. The molecule has 0 unspecified atom stereocenters. The van der Waals surface area contributed by atoms with Crippen molar-refractivity contribution in [1.82, 2.24) is 0 Å². The van der Waals surface area contributed by atoms with Gasteiger partial charge in [0.15, 0.2) is 6.29 Å². The van der Waals surface area contributed by atoms with Gasteiger partial charge in [-0.1, -0.05) is 58.5 Å². The van der Waals surface area contributed by atoms with E-state index in [0.717, 1.165) is 5.56 Å². The maximum Gasteiger partial charge on any atom is 0.153 e. The summed E-state index contributed by atoms with van der Waals surface area (Å²) in [5.41, 5.74) is 1.72. The zero-order valence-electron chi connectivity index (χ0n) is 8.88. The zero-order chi connectivity index (χ0) is 13.3. The topological polar surface area (TPSA) is 17.1 Å². The molecule has 0 heterocycles. The number of benzene rings is 2. The fraction of sp³-hybridized carbons (Fsp3) is 0. The Bertz CT molecular complexity index is 623. The fourth-order valence-corrected chi connectivity index (χ4v) is 2.43. The van der Waals surface area contributed by atoms with Gasteiger partial charge in [0.05, 0.1) is 25.7 Å². The van der Waals surface area contributed by atoms with Gasteiger partial charge in [0, 0.05) is 5.56 Å². The molecule has 0 saturated carbocycles. The van der Waals surface area contributed by atoms with Gasteiger partial charge in [-0.25, -0.2) is 0 Å². The van der Waals surface area contributed by atoms with Crippen LogP contribution in [0, 0.1) is 0 Å². The summed E-state index contributed by atoms with van der Waals surface area (Å²) in [4.78, 5) is 10.9. The minimum absolute atomic E-state index is 0.266. The Morgan fingerprint density at radius 1 is 0.833 bits per heavy atom. The molecule has 2 rings (SSSR count). The van der Waals surface area contributed by atoms with Crippen LogP contribution in [0.25, 0.3) is 11.1 Å². The van der Waals surface area contributed by atoms with Crippen LogP contribution < -0.4 is 0 Å². The molecule has 5 heteroatoms. The number of carbonyl (C=O) groups excluding carboxylic acids is 1. The molecule has 0 atom stereocenters. The highest BCUT2D eigenvalue weighted by Crippen LogP contribution is 2.36. The molecule has 0 aliphatic heterocycles. The van der Waals surface area contributed by atoms with Crippen LogP contribution in [-0.2, 0) is 0 Å². The molecule has 0 aliphatic carbocycles. The monoisotopic (exact) mass is 318 g/mol. The number of halogens is 4. The summed E-state index contributed by atoms with van der Waals surface area (Å²) in [5, 5.41) is 1.50. The Labute approximate surface area is 124 Å². The van der Waals surface area contributed by atoms with E-state index in [1.165, 1.54) is 0 Å². The Morgan fingerprint density at radius 2 is 1.50 bits per heavy atom. The molecular formula is C13H6Cl4O. The smallest absolute Gasteiger partial charge is 0.153 e. The maximum absolute atomic E-state index is 10.9. The molecule has 1 nitrogen and oxygen atoms in total. The van der Waals surface area contributed by atoms with Crippen LogP contribution in [-0.4, -0.2) is 6.29 Å². The molecule has 0 fully saturated rings. The van der Waals surface area contributed by atoms with Crippen molar-refractivity contribution in [3.63, 3.8) is 0 Å². The Balaban J connectivity index is 2.64. The van der Waals surface area contributed by atoms with Gasteiger partial charge in [-0.2, -0.15) is 0 Å². The van der Waals surface area contributed by atoms with Gasteiger partial charge in [-0.15, -0.1) is 0 Å². The minimum Gasteiger partial charge on any atom is -0.298 e. The lowest BCUT2D eigenvalue weighted by Crippen LogP contribution is -1.88. The molecule has 0 saturated heterocycles. The van der Waals surface area contributed by atoms with Gasteiger partial charge in [-0.3, -0.25) is 4.79 Å². The summed E-state index contributed by atoms with van der Waals surface area (Å²) in [7, 11) is 0. The Hall–Kier alpha value is -0.730. The molecule has 2 aromatic rings. The van der Waals surface area contributed by atoms with Crippen molar-refractivity contribution in [2.45, 2.75) is 0 Å². The molecule has 2 aromatic carbocycles. The predicted octanol–water partition coefficient (Wildman–Crippen LogP) is 5.78. The van der Waals surface area contributed by atoms with Crippen LogP contribution >= 0.6 is 46.4 Å². The third kappa shape index (κ3) is 2.50. The molecule has 0 aromatic heterocycles. The lowest BCUT2D eigenvalue weighted by Gasteiger charge is -2.09. The lowest BCUT2D eigenvalue weighted by atomic mass is 10.0. The van der Waals surface area contributed by atoms with Gasteiger partial charge in [0.25, 0.3) is 0 Å². The van der Waals surface area contributed by atoms with Crippen molar-refractivity contribution in [3.8, 4) is 11.1 Å². The zero-order valence-corrected chi connectivity index (χ0v) is 11.9. The normalized spacial score (nSPS) is 10.4. The van der Waals surface area contributed by atoms with Crippen LogP contribution in [0.5, 0.6) is 0 Å².